The maximum Gasteiger partial charge on any atom is 0.311 e. The molecule has 7 nitrogen and oxygen atoms in total. The number of benzene rings is 2. The van der Waals surface area contributed by atoms with E-state index in [9.17, 15) is 9.90 Å². The van der Waals surface area contributed by atoms with Crippen LogP contribution in [0.1, 0.15) is 22.6 Å². The summed E-state index contributed by atoms with van der Waals surface area (Å²) in [5, 5.41) is 9.85. The first kappa shape index (κ1) is 18.0. The molecule has 0 amide bonds. The van der Waals surface area contributed by atoms with E-state index in [0.717, 1.165) is 16.7 Å². The number of carboxylic acid groups (broad SMARTS) is 1. The number of fused-ring (bicyclic) bond motifs is 2. The second kappa shape index (κ2) is 6.99. The van der Waals surface area contributed by atoms with Crippen molar-refractivity contribution in [3.63, 3.8) is 0 Å². The van der Waals surface area contributed by atoms with Gasteiger partial charge in [-0.25, -0.2) is 0 Å². The smallest absolute Gasteiger partial charge is 0.311 e. The van der Waals surface area contributed by atoms with Gasteiger partial charge >= 0.3 is 5.97 Å². The second-order valence-corrected chi connectivity index (χ2v) is 6.49. The number of hydrogen-bond donors (Lipinski definition) is 1. The molecule has 1 N–H and O–H groups in total. The molecule has 0 aromatic heterocycles. The first-order valence-electron chi connectivity index (χ1n) is 8.71. The van der Waals surface area contributed by atoms with Crippen LogP contribution in [0.25, 0.3) is 6.08 Å². The molecule has 0 spiro atoms. The largest absolute Gasteiger partial charge is 0.493 e. The van der Waals surface area contributed by atoms with Crippen molar-refractivity contribution in [3.8, 4) is 28.7 Å². The van der Waals surface area contributed by atoms with Crippen molar-refractivity contribution in [2.75, 3.05) is 28.1 Å². The molecule has 1 heterocycles. The quantitative estimate of drug-likeness (QED) is 0.847. The molecule has 0 saturated heterocycles. The highest BCUT2D eigenvalue weighted by molar-refractivity contribution is 5.80. The molecule has 1 aliphatic carbocycles. The topological polar surface area (TPSA) is 83.5 Å². The van der Waals surface area contributed by atoms with Crippen molar-refractivity contribution >= 4 is 12.0 Å². The molecule has 2 aliphatic rings. The number of hydrogen-bond acceptors (Lipinski definition) is 6. The van der Waals surface area contributed by atoms with Crippen molar-refractivity contribution in [2.24, 2.45) is 5.92 Å². The zero-order valence-electron chi connectivity index (χ0n) is 15.7. The lowest BCUT2D eigenvalue weighted by Crippen LogP contribution is -2.24. The molecule has 0 fully saturated rings. The van der Waals surface area contributed by atoms with E-state index in [1.807, 2.05) is 18.2 Å². The predicted molar refractivity (Wildman–Crippen MR) is 101 cm³/mol. The summed E-state index contributed by atoms with van der Waals surface area (Å²) in [6, 6.07) is 7.30. The van der Waals surface area contributed by atoms with Crippen LogP contribution < -0.4 is 23.7 Å². The molecule has 2 aromatic rings. The Hall–Kier alpha value is -3.35. The summed E-state index contributed by atoms with van der Waals surface area (Å²) in [6.45, 7) is 0.152. The summed E-state index contributed by atoms with van der Waals surface area (Å²) in [6.07, 6.45) is 3.51. The molecule has 2 aromatic carbocycles. The minimum Gasteiger partial charge on any atom is -0.493 e. The third-order valence-electron chi connectivity index (χ3n) is 5.09. The van der Waals surface area contributed by atoms with E-state index in [-0.39, 0.29) is 6.79 Å². The van der Waals surface area contributed by atoms with E-state index in [2.05, 4.69) is 0 Å². The average molecular weight is 384 g/mol. The number of rotatable bonds is 5. The van der Waals surface area contributed by atoms with Crippen LogP contribution in [0.15, 0.2) is 30.3 Å². The Kier molecular flexibility index (Phi) is 4.50. The first-order valence-corrected chi connectivity index (χ1v) is 8.71. The van der Waals surface area contributed by atoms with E-state index < -0.39 is 17.8 Å². The van der Waals surface area contributed by atoms with Crippen LogP contribution in [0, 0.1) is 5.92 Å². The fraction of sp³-hybridized carbons (Fsp3) is 0.286. The van der Waals surface area contributed by atoms with Gasteiger partial charge in [0.2, 0.25) is 12.5 Å². The van der Waals surface area contributed by atoms with Gasteiger partial charge in [-0.2, -0.15) is 0 Å². The van der Waals surface area contributed by atoms with E-state index in [4.69, 9.17) is 23.7 Å². The summed E-state index contributed by atoms with van der Waals surface area (Å²) in [5.41, 5.74) is 2.47. The Morgan fingerprint density at radius 1 is 1.00 bits per heavy atom. The van der Waals surface area contributed by atoms with Gasteiger partial charge < -0.3 is 28.8 Å². The summed E-state index contributed by atoms with van der Waals surface area (Å²) < 4.78 is 27.3. The molecule has 2 atom stereocenters. The molecule has 0 unspecified atom stereocenters. The third kappa shape index (κ3) is 2.79. The van der Waals surface area contributed by atoms with Gasteiger partial charge in [0.15, 0.2) is 23.0 Å². The SMILES string of the molecule is COc1cc([C@@H]2c3cc4c(cc3C=C[C@@H]2C(=O)O)OCO4)cc(OC)c1OC. The van der Waals surface area contributed by atoms with Gasteiger partial charge in [-0.15, -0.1) is 0 Å². The fourth-order valence-electron chi connectivity index (χ4n) is 3.79. The molecule has 1 aliphatic heterocycles. The molecule has 146 valence electrons. The summed E-state index contributed by atoms with van der Waals surface area (Å²) in [7, 11) is 4.59. The van der Waals surface area contributed by atoms with Gasteiger partial charge in [0.25, 0.3) is 0 Å². The lowest BCUT2D eigenvalue weighted by molar-refractivity contribution is -0.140. The Morgan fingerprint density at radius 2 is 1.64 bits per heavy atom. The zero-order valence-corrected chi connectivity index (χ0v) is 15.7. The maximum absolute atomic E-state index is 12.0. The van der Waals surface area contributed by atoms with E-state index in [1.165, 1.54) is 21.3 Å². The van der Waals surface area contributed by atoms with Gasteiger partial charge in [0.1, 0.15) is 0 Å². The summed E-state index contributed by atoms with van der Waals surface area (Å²) in [4.78, 5) is 12.0. The van der Waals surface area contributed by atoms with Crippen molar-refractivity contribution in [1.82, 2.24) is 0 Å². The predicted octanol–water partition coefficient (Wildman–Crippen LogP) is 3.30. The fourth-order valence-corrected chi connectivity index (χ4v) is 3.79. The Balaban J connectivity index is 1.92. The molecule has 0 radical (unpaired) electrons. The van der Waals surface area contributed by atoms with Crippen molar-refractivity contribution < 1.29 is 33.6 Å². The van der Waals surface area contributed by atoms with Crippen LogP contribution in [0.3, 0.4) is 0 Å². The monoisotopic (exact) mass is 384 g/mol. The van der Waals surface area contributed by atoms with Crippen LogP contribution in [-0.4, -0.2) is 39.2 Å². The number of ether oxygens (including phenoxy) is 5. The van der Waals surface area contributed by atoms with Crippen molar-refractivity contribution in [1.29, 1.82) is 0 Å². The molecular formula is C21H20O7. The second-order valence-electron chi connectivity index (χ2n) is 6.49. The Labute approximate surface area is 162 Å². The summed E-state index contributed by atoms with van der Waals surface area (Å²) >= 11 is 0. The van der Waals surface area contributed by atoms with E-state index in [1.54, 1.807) is 18.2 Å². The molecule has 7 heteroatoms. The zero-order chi connectivity index (χ0) is 19.8. The van der Waals surface area contributed by atoms with E-state index >= 15 is 0 Å². The van der Waals surface area contributed by atoms with Crippen LogP contribution in [0.2, 0.25) is 0 Å². The number of methoxy groups -OCH3 is 3. The van der Waals surface area contributed by atoms with Crippen LogP contribution in [0.4, 0.5) is 0 Å². The average Bonchev–Trinajstić information content (AvgIpc) is 3.17. The highest BCUT2D eigenvalue weighted by Crippen LogP contribution is 2.48. The van der Waals surface area contributed by atoms with Gasteiger partial charge in [-0.3, -0.25) is 4.79 Å². The molecule has 28 heavy (non-hydrogen) atoms. The summed E-state index contributed by atoms with van der Waals surface area (Å²) in [5.74, 6) is 0.528. The normalized spacial score (nSPS) is 19.1. The van der Waals surface area contributed by atoms with Gasteiger partial charge in [0, 0.05) is 5.92 Å². The lowest BCUT2D eigenvalue weighted by Gasteiger charge is -2.29. The number of aliphatic carboxylic acids is 1. The van der Waals surface area contributed by atoms with Crippen molar-refractivity contribution in [2.45, 2.75) is 5.92 Å². The van der Waals surface area contributed by atoms with Crippen LogP contribution >= 0.6 is 0 Å². The highest BCUT2D eigenvalue weighted by atomic mass is 16.7. The lowest BCUT2D eigenvalue weighted by atomic mass is 9.75. The first-order chi connectivity index (χ1) is 13.6. The van der Waals surface area contributed by atoms with Gasteiger partial charge in [-0.1, -0.05) is 12.2 Å². The van der Waals surface area contributed by atoms with Crippen LogP contribution in [0.5, 0.6) is 28.7 Å². The minimum absolute atomic E-state index is 0.152. The number of carbonyl (C=O) groups is 1. The highest BCUT2D eigenvalue weighted by Gasteiger charge is 2.35. The van der Waals surface area contributed by atoms with Gasteiger partial charge in [0.05, 0.1) is 27.2 Å². The number of carboxylic acids is 1. The van der Waals surface area contributed by atoms with Crippen molar-refractivity contribution in [3.05, 3.63) is 47.0 Å². The minimum atomic E-state index is -0.918. The van der Waals surface area contributed by atoms with E-state index in [0.29, 0.717) is 28.7 Å². The van der Waals surface area contributed by atoms with Gasteiger partial charge in [-0.05, 0) is 41.0 Å². The molecule has 0 saturated carbocycles. The third-order valence-corrected chi connectivity index (χ3v) is 5.09. The van der Waals surface area contributed by atoms with Crippen LogP contribution in [-0.2, 0) is 4.79 Å². The standard InChI is InChI=1S/C21H20O7/c1-24-17-7-12(8-18(25-2)20(17)26-3)19-13(21(22)23)5-4-11-6-15-16(9-14(11)19)28-10-27-15/h4-9,13,19H,10H2,1-3H3,(H,22,23)/t13-,19-/m0/s1. The molecule has 4 rings (SSSR count). The Morgan fingerprint density at radius 3 is 2.21 bits per heavy atom. The Bertz CT molecular complexity index is 938. The maximum atomic E-state index is 12.0. The molecular weight excluding hydrogens is 364 g/mol. The molecule has 0 bridgehead atoms.